The van der Waals surface area contributed by atoms with E-state index in [2.05, 4.69) is 21.2 Å². The molecule has 2 heterocycles. The summed E-state index contributed by atoms with van der Waals surface area (Å²) in [5, 5.41) is 4.82. The molecule has 0 aliphatic carbocycles. The van der Waals surface area contributed by atoms with Gasteiger partial charge in [-0.05, 0) is 41.8 Å². The lowest BCUT2D eigenvalue weighted by atomic mass is 9.91. The van der Waals surface area contributed by atoms with Crippen molar-refractivity contribution in [1.82, 2.24) is 10.2 Å². The van der Waals surface area contributed by atoms with Crippen LogP contribution in [-0.2, 0) is 16.1 Å². The zero-order valence-corrected chi connectivity index (χ0v) is 14.5. The van der Waals surface area contributed by atoms with E-state index in [1.165, 1.54) is 0 Å². The third-order valence-electron chi connectivity index (χ3n) is 3.65. The summed E-state index contributed by atoms with van der Waals surface area (Å²) in [4.78, 5) is 27.7. The van der Waals surface area contributed by atoms with Gasteiger partial charge < -0.3 is 10.2 Å². The number of hydrogen-bond donors (Lipinski definition) is 1. The lowest BCUT2D eigenvalue weighted by Crippen LogP contribution is -2.68. The van der Waals surface area contributed by atoms with Crippen LogP contribution in [0.15, 0.2) is 15.9 Å². The van der Waals surface area contributed by atoms with Gasteiger partial charge in [-0.3, -0.25) is 9.59 Å². The molecule has 1 fully saturated rings. The minimum absolute atomic E-state index is 0.00544. The highest BCUT2D eigenvalue weighted by atomic mass is 79.9. The van der Waals surface area contributed by atoms with Crippen molar-refractivity contribution in [2.24, 2.45) is 5.92 Å². The first-order chi connectivity index (χ1) is 9.23. The molecule has 4 nitrogen and oxygen atoms in total. The number of nitrogens with one attached hydrogen (secondary N) is 1. The summed E-state index contributed by atoms with van der Waals surface area (Å²) in [7, 11) is 0. The highest BCUT2D eigenvalue weighted by molar-refractivity contribution is 9.10. The molecule has 1 saturated heterocycles. The molecule has 0 radical (unpaired) electrons. The van der Waals surface area contributed by atoms with Gasteiger partial charge in [-0.1, -0.05) is 13.8 Å². The molecule has 1 aromatic rings. The van der Waals surface area contributed by atoms with Crippen LogP contribution in [-0.4, -0.2) is 28.3 Å². The predicted octanol–water partition coefficient (Wildman–Crippen LogP) is 2.77. The van der Waals surface area contributed by atoms with Gasteiger partial charge in [0.15, 0.2) is 0 Å². The quantitative estimate of drug-likeness (QED) is 0.902. The second kappa shape index (κ2) is 5.48. The van der Waals surface area contributed by atoms with Crippen LogP contribution in [0.1, 0.15) is 32.6 Å². The summed E-state index contributed by atoms with van der Waals surface area (Å²) in [6.07, 6.45) is 0. The van der Waals surface area contributed by atoms with Crippen molar-refractivity contribution in [2.45, 2.75) is 45.8 Å². The van der Waals surface area contributed by atoms with E-state index < -0.39 is 11.6 Å². The fraction of sp³-hybridized carbons (Fsp3) is 0.571. The molecule has 2 rings (SSSR count). The average molecular weight is 359 g/mol. The third kappa shape index (κ3) is 2.76. The van der Waals surface area contributed by atoms with E-state index in [1.807, 2.05) is 25.3 Å². The molecule has 1 N–H and O–H groups in total. The van der Waals surface area contributed by atoms with E-state index in [0.717, 1.165) is 9.35 Å². The van der Waals surface area contributed by atoms with Crippen LogP contribution in [0.5, 0.6) is 0 Å². The molecule has 6 heteroatoms. The van der Waals surface area contributed by atoms with Gasteiger partial charge >= 0.3 is 0 Å². The minimum atomic E-state index is -0.820. The molecule has 0 saturated carbocycles. The molecular formula is C14H19BrN2O2S. The number of amides is 2. The van der Waals surface area contributed by atoms with Crippen LogP contribution in [0.25, 0.3) is 0 Å². The Morgan fingerprint density at radius 3 is 2.60 bits per heavy atom. The second-order valence-electron chi connectivity index (χ2n) is 5.91. The van der Waals surface area contributed by atoms with Crippen LogP contribution in [0, 0.1) is 5.92 Å². The Bertz CT molecular complexity index is 539. The highest BCUT2D eigenvalue weighted by Gasteiger charge is 2.47. The van der Waals surface area contributed by atoms with Gasteiger partial charge in [-0.25, -0.2) is 0 Å². The number of carbonyl (C=O) groups is 2. The lowest BCUT2D eigenvalue weighted by molar-refractivity contribution is -0.157. The van der Waals surface area contributed by atoms with Crippen molar-refractivity contribution in [2.75, 3.05) is 0 Å². The van der Waals surface area contributed by atoms with Gasteiger partial charge in [-0.2, -0.15) is 0 Å². The number of piperazine rings is 1. The normalized spacial score (nSPS) is 22.3. The van der Waals surface area contributed by atoms with Gasteiger partial charge in [0, 0.05) is 14.7 Å². The first kappa shape index (κ1) is 15.5. The van der Waals surface area contributed by atoms with Crippen molar-refractivity contribution in [3.8, 4) is 0 Å². The molecule has 2 amide bonds. The molecule has 0 aromatic carbocycles. The third-order valence-corrected chi connectivity index (χ3v) is 5.33. The minimum Gasteiger partial charge on any atom is -0.342 e. The Kier molecular flexibility index (Phi) is 4.25. The van der Waals surface area contributed by atoms with E-state index in [-0.39, 0.29) is 17.7 Å². The van der Waals surface area contributed by atoms with E-state index in [0.29, 0.717) is 6.54 Å². The van der Waals surface area contributed by atoms with Gasteiger partial charge in [0.2, 0.25) is 11.8 Å². The summed E-state index contributed by atoms with van der Waals surface area (Å²) in [5.41, 5.74) is -0.820. The lowest BCUT2D eigenvalue weighted by Gasteiger charge is -2.45. The van der Waals surface area contributed by atoms with Gasteiger partial charge in [0.1, 0.15) is 11.6 Å². The van der Waals surface area contributed by atoms with Gasteiger partial charge in [0.25, 0.3) is 0 Å². The van der Waals surface area contributed by atoms with Crippen molar-refractivity contribution in [3.05, 3.63) is 20.8 Å². The monoisotopic (exact) mass is 358 g/mol. The van der Waals surface area contributed by atoms with Gasteiger partial charge in [0.05, 0.1) is 6.54 Å². The standard InChI is InChI=1S/C14H19BrN2O2S/c1-8(2)11-12(18)17(14(3,4)13(19)16-11)6-10-5-9(15)7-20-10/h5,7-8,11H,6H2,1-4H3,(H,16,19). The number of halogens is 1. The summed E-state index contributed by atoms with van der Waals surface area (Å²) in [5.74, 6) is -0.0133. The Morgan fingerprint density at radius 2 is 2.10 bits per heavy atom. The molecule has 1 aromatic heterocycles. The maximum atomic E-state index is 12.6. The number of rotatable bonds is 3. The van der Waals surface area contributed by atoms with E-state index in [1.54, 1.807) is 30.1 Å². The highest BCUT2D eigenvalue weighted by Crippen LogP contribution is 2.28. The fourth-order valence-corrected chi connectivity index (χ4v) is 3.70. The molecular weight excluding hydrogens is 340 g/mol. The average Bonchev–Trinajstić information content (AvgIpc) is 2.75. The van der Waals surface area contributed by atoms with Crippen molar-refractivity contribution in [1.29, 1.82) is 0 Å². The first-order valence-corrected chi connectivity index (χ1v) is 8.26. The topological polar surface area (TPSA) is 49.4 Å². The molecule has 0 bridgehead atoms. The second-order valence-corrected chi connectivity index (χ2v) is 7.82. The number of thiophene rings is 1. The molecule has 1 aliphatic heterocycles. The zero-order valence-electron chi connectivity index (χ0n) is 12.1. The molecule has 0 spiro atoms. The molecule has 1 aliphatic rings. The van der Waals surface area contributed by atoms with E-state index >= 15 is 0 Å². The van der Waals surface area contributed by atoms with Crippen LogP contribution in [0.3, 0.4) is 0 Å². The Labute approximate surface area is 131 Å². The number of hydrogen-bond acceptors (Lipinski definition) is 3. The molecule has 1 unspecified atom stereocenters. The summed E-state index contributed by atoms with van der Waals surface area (Å²) >= 11 is 5.00. The Balaban J connectivity index is 2.30. The van der Waals surface area contributed by atoms with Crippen LogP contribution in [0.4, 0.5) is 0 Å². The van der Waals surface area contributed by atoms with Gasteiger partial charge in [-0.15, -0.1) is 11.3 Å². The summed E-state index contributed by atoms with van der Waals surface area (Å²) in [6, 6.07) is 1.56. The maximum absolute atomic E-state index is 12.6. The first-order valence-electron chi connectivity index (χ1n) is 6.59. The fourth-order valence-electron chi connectivity index (χ4n) is 2.27. The molecule has 20 heavy (non-hydrogen) atoms. The van der Waals surface area contributed by atoms with Crippen molar-refractivity contribution >= 4 is 39.1 Å². The predicted molar refractivity (Wildman–Crippen MR) is 83.4 cm³/mol. The SMILES string of the molecule is CC(C)C1NC(=O)C(C)(C)N(Cc2cc(Br)cs2)C1=O. The van der Waals surface area contributed by atoms with Crippen LogP contribution < -0.4 is 5.32 Å². The van der Waals surface area contributed by atoms with Crippen molar-refractivity contribution < 1.29 is 9.59 Å². The molecule has 1 atom stereocenters. The van der Waals surface area contributed by atoms with E-state index in [9.17, 15) is 9.59 Å². The number of nitrogens with zero attached hydrogens (tertiary/aromatic N) is 1. The summed E-state index contributed by atoms with van der Waals surface area (Å²) in [6.45, 7) is 7.94. The summed E-state index contributed by atoms with van der Waals surface area (Å²) < 4.78 is 1.00. The zero-order chi connectivity index (χ0) is 15.1. The largest absolute Gasteiger partial charge is 0.342 e. The molecule has 110 valence electrons. The van der Waals surface area contributed by atoms with Crippen molar-refractivity contribution in [3.63, 3.8) is 0 Å². The smallest absolute Gasteiger partial charge is 0.246 e. The maximum Gasteiger partial charge on any atom is 0.246 e. The Morgan fingerprint density at radius 1 is 1.45 bits per heavy atom. The Hall–Kier alpha value is -0.880. The number of carbonyl (C=O) groups excluding carboxylic acids is 2. The van der Waals surface area contributed by atoms with Crippen LogP contribution in [0.2, 0.25) is 0 Å². The van der Waals surface area contributed by atoms with E-state index in [4.69, 9.17) is 0 Å². The van der Waals surface area contributed by atoms with Crippen LogP contribution >= 0.6 is 27.3 Å².